The molecule has 0 aliphatic carbocycles. The van der Waals surface area contributed by atoms with Gasteiger partial charge in [-0.1, -0.05) is 36.0 Å². The number of hydrogen-bond donors (Lipinski definition) is 1. The van der Waals surface area contributed by atoms with Crippen LogP contribution in [0.1, 0.15) is 11.1 Å². The summed E-state index contributed by atoms with van der Waals surface area (Å²) < 4.78 is 12.5. The number of methoxy groups -OCH3 is 2. The number of benzene rings is 2. The van der Waals surface area contributed by atoms with Crippen LogP contribution in [0.2, 0.25) is 0 Å². The van der Waals surface area contributed by atoms with Crippen molar-refractivity contribution < 1.29 is 14.3 Å². The minimum atomic E-state index is -0.0806. The number of carbonyl (C=O) groups is 1. The molecule has 4 aromatic rings. The van der Waals surface area contributed by atoms with Crippen molar-refractivity contribution in [1.29, 1.82) is 0 Å². The van der Waals surface area contributed by atoms with Gasteiger partial charge in [0.15, 0.2) is 22.3 Å². The Kier molecular flexibility index (Phi) is 5.76. The van der Waals surface area contributed by atoms with E-state index in [0.717, 1.165) is 27.7 Å². The van der Waals surface area contributed by atoms with Crippen molar-refractivity contribution >= 4 is 34.2 Å². The average Bonchev–Trinajstić information content (AvgIpc) is 3.19. The van der Waals surface area contributed by atoms with Gasteiger partial charge in [0.2, 0.25) is 5.91 Å². The van der Waals surface area contributed by atoms with Crippen LogP contribution >= 0.6 is 11.8 Å². The fourth-order valence-electron chi connectivity index (χ4n) is 3.34. The third kappa shape index (κ3) is 3.91. The maximum absolute atomic E-state index is 12.4. The molecule has 0 atom stereocenters. The zero-order valence-electron chi connectivity index (χ0n) is 17.0. The number of nitrogens with zero attached hydrogens (tertiary/aromatic N) is 3. The van der Waals surface area contributed by atoms with Crippen LogP contribution in [0.25, 0.3) is 16.6 Å². The zero-order chi connectivity index (χ0) is 21.1. The van der Waals surface area contributed by atoms with Crippen LogP contribution in [0.4, 0.5) is 0 Å². The summed E-state index contributed by atoms with van der Waals surface area (Å²) in [5.41, 5.74) is 3.89. The van der Waals surface area contributed by atoms with E-state index in [1.807, 2.05) is 46.9 Å². The fraction of sp³-hybridized carbons (Fsp3) is 0.227. The van der Waals surface area contributed by atoms with Gasteiger partial charge < -0.3 is 14.8 Å². The van der Waals surface area contributed by atoms with E-state index < -0.39 is 0 Å². The van der Waals surface area contributed by atoms with Crippen molar-refractivity contribution in [3.8, 4) is 11.5 Å². The van der Waals surface area contributed by atoms with Gasteiger partial charge in [-0.25, -0.2) is 0 Å². The molecule has 0 fully saturated rings. The number of carbonyl (C=O) groups excluding carboxylic acids is 1. The molecule has 2 aromatic heterocycles. The second-order valence-corrected chi connectivity index (χ2v) is 7.72. The predicted molar refractivity (Wildman–Crippen MR) is 117 cm³/mol. The Morgan fingerprint density at radius 3 is 2.67 bits per heavy atom. The molecule has 0 bridgehead atoms. The Morgan fingerprint density at radius 1 is 1.07 bits per heavy atom. The fourth-order valence-corrected chi connectivity index (χ4v) is 4.12. The Hall–Kier alpha value is -3.26. The highest BCUT2D eigenvalue weighted by molar-refractivity contribution is 7.99. The van der Waals surface area contributed by atoms with Gasteiger partial charge >= 0.3 is 0 Å². The van der Waals surface area contributed by atoms with Gasteiger partial charge in [0.25, 0.3) is 0 Å². The number of hydrogen-bond acceptors (Lipinski definition) is 6. The predicted octanol–water partition coefficient (Wildman–Crippen LogP) is 3.62. The van der Waals surface area contributed by atoms with Gasteiger partial charge in [-0.3, -0.25) is 9.20 Å². The lowest BCUT2D eigenvalue weighted by Crippen LogP contribution is -2.24. The van der Waals surface area contributed by atoms with Crippen LogP contribution in [0.15, 0.2) is 53.7 Å². The Labute approximate surface area is 178 Å². The molecule has 4 rings (SSSR count). The van der Waals surface area contributed by atoms with Crippen LogP contribution in [-0.4, -0.2) is 40.5 Å². The van der Waals surface area contributed by atoms with Gasteiger partial charge in [-0.05, 0) is 42.3 Å². The van der Waals surface area contributed by atoms with Gasteiger partial charge in [-0.2, -0.15) is 0 Å². The molecular weight excluding hydrogens is 400 g/mol. The second-order valence-electron chi connectivity index (χ2n) is 6.78. The number of thioether (sulfide) groups is 1. The molecule has 8 heteroatoms. The Bertz CT molecular complexity index is 1220. The molecule has 1 amide bonds. The van der Waals surface area contributed by atoms with E-state index in [0.29, 0.717) is 23.2 Å². The first-order chi connectivity index (χ1) is 14.6. The standard InChI is InChI=1S/C22H22N4O3S/c1-14-10-20-24-25-22(26(20)17-7-5-4-6-16(14)17)30-13-21(27)23-12-15-8-9-18(28-2)19(11-15)29-3/h4-11H,12-13H2,1-3H3,(H,23,27). The molecule has 0 aliphatic heterocycles. The van der Waals surface area contributed by atoms with Gasteiger partial charge in [0.05, 0.1) is 25.5 Å². The molecule has 2 heterocycles. The number of amides is 1. The summed E-state index contributed by atoms with van der Waals surface area (Å²) in [5, 5.41) is 13.3. The number of pyridine rings is 1. The highest BCUT2D eigenvalue weighted by atomic mass is 32.2. The topological polar surface area (TPSA) is 77.8 Å². The summed E-state index contributed by atoms with van der Waals surface area (Å²) in [6.45, 7) is 2.47. The van der Waals surface area contributed by atoms with Gasteiger partial charge in [0.1, 0.15) is 0 Å². The van der Waals surface area contributed by atoms with Crippen LogP contribution < -0.4 is 14.8 Å². The summed E-state index contributed by atoms with van der Waals surface area (Å²) in [7, 11) is 3.18. The molecule has 0 saturated heterocycles. The van der Waals surface area contributed by atoms with E-state index in [1.165, 1.54) is 11.8 Å². The van der Waals surface area contributed by atoms with Crippen molar-refractivity contribution in [2.24, 2.45) is 0 Å². The van der Waals surface area contributed by atoms with Crippen LogP contribution in [0.3, 0.4) is 0 Å². The SMILES string of the molecule is COc1ccc(CNC(=O)CSc2nnc3cc(C)c4ccccc4n23)cc1OC. The molecule has 1 N–H and O–H groups in total. The number of ether oxygens (including phenoxy) is 2. The summed E-state index contributed by atoms with van der Waals surface area (Å²) >= 11 is 1.37. The maximum atomic E-state index is 12.4. The third-order valence-electron chi connectivity index (χ3n) is 4.84. The first-order valence-electron chi connectivity index (χ1n) is 9.44. The molecular formula is C22H22N4O3S. The molecule has 0 radical (unpaired) electrons. The minimum absolute atomic E-state index is 0.0806. The molecule has 0 saturated carbocycles. The van der Waals surface area contributed by atoms with E-state index >= 15 is 0 Å². The lowest BCUT2D eigenvalue weighted by atomic mass is 10.1. The molecule has 30 heavy (non-hydrogen) atoms. The molecule has 154 valence electrons. The lowest BCUT2D eigenvalue weighted by Gasteiger charge is -2.10. The summed E-state index contributed by atoms with van der Waals surface area (Å²) in [6.07, 6.45) is 0. The van der Waals surface area contributed by atoms with Crippen LogP contribution in [-0.2, 0) is 11.3 Å². The zero-order valence-corrected chi connectivity index (χ0v) is 17.8. The highest BCUT2D eigenvalue weighted by Gasteiger charge is 2.13. The van der Waals surface area contributed by atoms with Crippen LogP contribution in [0, 0.1) is 6.92 Å². The second kappa shape index (κ2) is 8.62. The summed E-state index contributed by atoms with van der Waals surface area (Å²) in [6, 6.07) is 15.7. The van der Waals surface area contributed by atoms with Crippen molar-refractivity contribution in [2.45, 2.75) is 18.6 Å². The highest BCUT2D eigenvalue weighted by Crippen LogP contribution is 2.28. The molecule has 7 nitrogen and oxygen atoms in total. The van der Waals surface area contributed by atoms with Crippen molar-refractivity contribution in [1.82, 2.24) is 19.9 Å². The minimum Gasteiger partial charge on any atom is -0.493 e. The first-order valence-corrected chi connectivity index (χ1v) is 10.4. The molecule has 2 aromatic carbocycles. The molecule has 0 aliphatic rings. The van der Waals surface area contributed by atoms with E-state index in [2.05, 4.69) is 28.5 Å². The van der Waals surface area contributed by atoms with E-state index in [4.69, 9.17) is 9.47 Å². The molecule has 0 spiro atoms. The quantitative estimate of drug-likeness (QED) is 0.459. The van der Waals surface area contributed by atoms with Crippen molar-refractivity contribution in [3.63, 3.8) is 0 Å². The van der Waals surface area contributed by atoms with Crippen molar-refractivity contribution in [3.05, 3.63) is 59.7 Å². The number of para-hydroxylation sites is 1. The number of aryl methyl sites for hydroxylation is 1. The lowest BCUT2D eigenvalue weighted by molar-refractivity contribution is -0.118. The number of fused-ring (bicyclic) bond motifs is 3. The number of aromatic nitrogens is 3. The normalized spacial score (nSPS) is 11.0. The largest absolute Gasteiger partial charge is 0.493 e. The third-order valence-corrected chi connectivity index (χ3v) is 5.77. The van der Waals surface area contributed by atoms with E-state index in [1.54, 1.807) is 14.2 Å². The van der Waals surface area contributed by atoms with E-state index in [-0.39, 0.29) is 11.7 Å². The smallest absolute Gasteiger partial charge is 0.230 e. The molecule has 0 unspecified atom stereocenters. The summed E-state index contributed by atoms with van der Waals surface area (Å²) in [4.78, 5) is 12.4. The Balaban J connectivity index is 1.44. The monoisotopic (exact) mass is 422 g/mol. The Morgan fingerprint density at radius 2 is 1.87 bits per heavy atom. The van der Waals surface area contributed by atoms with Gasteiger partial charge in [-0.15, -0.1) is 10.2 Å². The number of rotatable bonds is 7. The van der Waals surface area contributed by atoms with Crippen LogP contribution in [0.5, 0.6) is 11.5 Å². The van der Waals surface area contributed by atoms with E-state index in [9.17, 15) is 4.79 Å². The van der Waals surface area contributed by atoms with Crippen molar-refractivity contribution in [2.75, 3.05) is 20.0 Å². The first kappa shape index (κ1) is 20.0. The summed E-state index contributed by atoms with van der Waals surface area (Å²) in [5.74, 6) is 1.46. The van der Waals surface area contributed by atoms with Gasteiger partial charge in [0, 0.05) is 11.9 Å². The maximum Gasteiger partial charge on any atom is 0.230 e. The number of nitrogens with one attached hydrogen (secondary N) is 1. The average molecular weight is 423 g/mol.